The van der Waals surface area contributed by atoms with Gasteiger partial charge in [-0.15, -0.1) is 5.10 Å². The Morgan fingerprint density at radius 1 is 1.13 bits per heavy atom. The quantitative estimate of drug-likeness (QED) is 0.747. The Morgan fingerprint density at radius 3 is 2.27 bits per heavy atom. The van der Waals surface area contributed by atoms with Crippen molar-refractivity contribution in [2.24, 2.45) is 7.05 Å². The van der Waals surface area contributed by atoms with E-state index in [4.69, 9.17) is 0 Å². The summed E-state index contributed by atoms with van der Waals surface area (Å²) in [5, 5.41) is 7.99. The van der Waals surface area contributed by atoms with Crippen molar-refractivity contribution in [3.05, 3.63) is 36.0 Å². The molecular formula is C12H15N3. The SMILES string of the molecule is CC(C)c1ccc(-c2cn(C)nn2)cc1. The minimum atomic E-state index is 0.570. The van der Waals surface area contributed by atoms with Crippen molar-refractivity contribution < 1.29 is 0 Å². The largest absolute Gasteiger partial charge is 0.255 e. The van der Waals surface area contributed by atoms with Gasteiger partial charge in [-0.25, -0.2) is 0 Å². The van der Waals surface area contributed by atoms with Gasteiger partial charge in [0.1, 0.15) is 5.69 Å². The molecule has 3 heteroatoms. The third-order valence-corrected chi connectivity index (χ3v) is 2.48. The summed E-state index contributed by atoms with van der Waals surface area (Å²) in [5.74, 6) is 0.570. The number of nitrogens with zero attached hydrogens (tertiary/aromatic N) is 3. The van der Waals surface area contributed by atoms with Crippen LogP contribution in [-0.2, 0) is 7.05 Å². The molecule has 0 radical (unpaired) electrons. The van der Waals surface area contributed by atoms with Crippen LogP contribution in [0.5, 0.6) is 0 Å². The lowest BCUT2D eigenvalue weighted by molar-refractivity contribution is 0.715. The van der Waals surface area contributed by atoms with Gasteiger partial charge in [-0.3, -0.25) is 4.68 Å². The van der Waals surface area contributed by atoms with Gasteiger partial charge in [-0.2, -0.15) is 0 Å². The number of hydrogen-bond acceptors (Lipinski definition) is 2. The molecule has 0 aliphatic rings. The minimum Gasteiger partial charge on any atom is -0.255 e. The fourth-order valence-electron chi connectivity index (χ4n) is 1.52. The Morgan fingerprint density at radius 2 is 1.80 bits per heavy atom. The number of hydrogen-bond donors (Lipinski definition) is 0. The lowest BCUT2D eigenvalue weighted by Gasteiger charge is -2.04. The smallest absolute Gasteiger partial charge is 0.113 e. The van der Waals surface area contributed by atoms with Gasteiger partial charge in [0.05, 0.1) is 6.20 Å². The van der Waals surface area contributed by atoms with Crippen molar-refractivity contribution in [1.29, 1.82) is 0 Å². The lowest BCUT2D eigenvalue weighted by Crippen LogP contribution is -1.86. The molecule has 3 nitrogen and oxygen atoms in total. The Balaban J connectivity index is 2.31. The van der Waals surface area contributed by atoms with Gasteiger partial charge in [0, 0.05) is 12.6 Å². The first-order valence-corrected chi connectivity index (χ1v) is 5.13. The highest BCUT2D eigenvalue weighted by atomic mass is 15.4. The molecule has 2 rings (SSSR count). The average molecular weight is 201 g/mol. The molecule has 0 aliphatic carbocycles. The van der Waals surface area contributed by atoms with Crippen LogP contribution in [0.4, 0.5) is 0 Å². The van der Waals surface area contributed by atoms with E-state index in [0.29, 0.717) is 5.92 Å². The van der Waals surface area contributed by atoms with Gasteiger partial charge in [0.25, 0.3) is 0 Å². The number of aryl methyl sites for hydroxylation is 1. The van der Waals surface area contributed by atoms with E-state index in [1.165, 1.54) is 5.56 Å². The van der Waals surface area contributed by atoms with E-state index >= 15 is 0 Å². The molecule has 0 saturated heterocycles. The van der Waals surface area contributed by atoms with E-state index in [1.54, 1.807) is 4.68 Å². The second-order valence-electron chi connectivity index (χ2n) is 4.05. The normalized spacial score (nSPS) is 10.9. The Kier molecular flexibility index (Phi) is 2.54. The summed E-state index contributed by atoms with van der Waals surface area (Å²) >= 11 is 0. The summed E-state index contributed by atoms with van der Waals surface area (Å²) in [4.78, 5) is 0. The predicted molar refractivity (Wildman–Crippen MR) is 60.5 cm³/mol. The van der Waals surface area contributed by atoms with Crippen LogP contribution in [0.3, 0.4) is 0 Å². The molecule has 0 bridgehead atoms. The van der Waals surface area contributed by atoms with E-state index in [-0.39, 0.29) is 0 Å². The molecule has 1 aromatic carbocycles. The van der Waals surface area contributed by atoms with Crippen LogP contribution in [-0.4, -0.2) is 15.0 Å². The van der Waals surface area contributed by atoms with E-state index in [9.17, 15) is 0 Å². The first-order valence-electron chi connectivity index (χ1n) is 5.13. The van der Waals surface area contributed by atoms with Gasteiger partial charge in [-0.1, -0.05) is 43.3 Å². The van der Waals surface area contributed by atoms with Crippen molar-refractivity contribution in [1.82, 2.24) is 15.0 Å². The zero-order valence-corrected chi connectivity index (χ0v) is 9.31. The van der Waals surface area contributed by atoms with E-state index in [0.717, 1.165) is 11.3 Å². The van der Waals surface area contributed by atoms with Crippen LogP contribution in [0.2, 0.25) is 0 Å². The van der Waals surface area contributed by atoms with Crippen LogP contribution in [0.1, 0.15) is 25.3 Å². The maximum atomic E-state index is 4.07. The summed E-state index contributed by atoms with van der Waals surface area (Å²) in [7, 11) is 1.87. The van der Waals surface area contributed by atoms with Crippen molar-refractivity contribution in [2.75, 3.05) is 0 Å². The first-order chi connectivity index (χ1) is 7.16. The molecule has 0 spiro atoms. The lowest BCUT2D eigenvalue weighted by atomic mass is 10.0. The molecule has 0 fully saturated rings. The standard InChI is InChI=1S/C12H15N3/c1-9(2)10-4-6-11(7-5-10)12-8-15(3)14-13-12/h4-9H,1-3H3. The van der Waals surface area contributed by atoms with Crippen LogP contribution < -0.4 is 0 Å². The molecule has 1 aromatic heterocycles. The summed E-state index contributed by atoms with van der Waals surface area (Å²) in [6.45, 7) is 4.38. The highest BCUT2D eigenvalue weighted by Gasteiger charge is 2.03. The molecule has 2 aromatic rings. The molecule has 1 heterocycles. The molecule has 0 N–H and O–H groups in total. The summed E-state index contributed by atoms with van der Waals surface area (Å²) in [5.41, 5.74) is 3.39. The number of benzene rings is 1. The molecule has 15 heavy (non-hydrogen) atoms. The fourth-order valence-corrected chi connectivity index (χ4v) is 1.52. The number of aromatic nitrogens is 3. The maximum Gasteiger partial charge on any atom is 0.113 e. The predicted octanol–water partition coefficient (Wildman–Crippen LogP) is 2.61. The van der Waals surface area contributed by atoms with Crippen molar-refractivity contribution >= 4 is 0 Å². The molecule has 0 amide bonds. The topological polar surface area (TPSA) is 30.7 Å². The third-order valence-electron chi connectivity index (χ3n) is 2.48. The minimum absolute atomic E-state index is 0.570. The van der Waals surface area contributed by atoms with Crippen LogP contribution in [0.15, 0.2) is 30.5 Å². The van der Waals surface area contributed by atoms with Crippen molar-refractivity contribution in [2.45, 2.75) is 19.8 Å². The third kappa shape index (κ3) is 2.06. The van der Waals surface area contributed by atoms with E-state index < -0.39 is 0 Å². The van der Waals surface area contributed by atoms with Gasteiger partial charge in [0.2, 0.25) is 0 Å². The first kappa shape index (κ1) is 9.90. The van der Waals surface area contributed by atoms with Gasteiger partial charge in [0.15, 0.2) is 0 Å². The fraction of sp³-hybridized carbons (Fsp3) is 0.333. The van der Waals surface area contributed by atoms with E-state index in [2.05, 4.69) is 48.4 Å². The Bertz CT molecular complexity index is 440. The van der Waals surface area contributed by atoms with Crippen LogP contribution in [0.25, 0.3) is 11.3 Å². The molecule has 0 aliphatic heterocycles. The second-order valence-corrected chi connectivity index (χ2v) is 4.05. The highest BCUT2D eigenvalue weighted by molar-refractivity contribution is 5.58. The van der Waals surface area contributed by atoms with Crippen molar-refractivity contribution in [3.63, 3.8) is 0 Å². The molecule has 0 saturated carbocycles. The van der Waals surface area contributed by atoms with Crippen LogP contribution in [0, 0.1) is 0 Å². The Labute approximate surface area is 89.7 Å². The molecule has 0 unspecified atom stereocenters. The molecule has 78 valence electrons. The van der Waals surface area contributed by atoms with Gasteiger partial charge < -0.3 is 0 Å². The summed E-state index contributed by atoms with van der Waals surface area (Å²) in [6.07, 6.45) is 1.92. The van der Waals surface area contributed by atoms with E-state index in [1.807, 2.05) is 13.2 Å². The van der Waals surface area contributed by atoms with Crippen molar-refractivity contribution in [3.8, 4) is 11.3 Å². The zero-order valence-electron chi connectivity index (χ0n) is 9.31. The average Bonchev–Trinajstić information content (AvgIpc) is 2.65. The monoisotopic (exact) mass is 201 g/mol. The Hall–Kier alpha value is -1.64. The summed E-state index contributed by atoms with van der Waals surface area (Å²) < 4.78 is 1.71. The summed E-state index contributed by atoms with van der Waals surface area (Å²) in [6, 6.07) is 8.49. The molecular weight excluding hydrogens is 186 g/mol. The van der Waals surface area contributed by atoms with Gasteiger partial charge >= 0.3 is 0 Å². The van der Waals surface area contributed by atoms with Gasteiger partial charge in [-0.05, 0) is 11.5 Å². The zero-order chi connectivity index (χ0) is 10.8. The second kappa shape index (κ2) is 3.85. The maximum absolute atomic E-state index is 4.07. The highest BCUT2D eigenvalue weighted by Crippen LogP contribution is 2.20. The molecule has 0 atom stereocenters. The number of rotatable bonds is 2. The van der Waals surface area contributed by atoms with Crippen LogP contribution >= 0.6 is 0 Å².